The summed E-state index contributed by atoms with van der Waals surface area (Å²) in [5, 5.41) is 23.5. The van der Waals surface area contributed by atoms with E-state index in [4.69, 9.17) is 0 Å². The average molecular weight is 326 g/mol. The topological polar surface area (TPSA) is 109 Å². The quantitative estimate of drug-likeness (QED) is 0.643. The van der Waals surface area contributed by atoms with Gasteiger partial charge in [-0.05, 0) is 28.0 Å². The normalized spacial score (nSPS) is 21.8. The second-order valence-corrected chi connectivity index (χ2v) is 6.05. The van der Waals surface area contributed by atoms with Crippen molar-refractivity contribution in [2.45, 2.75) is 11.8 Å². The van der Waals surface area contributed by atoms with E-state index >= 15 is 0 Å². The van der Waals surface area contributed by atoms with E-state index in [9.17, 15) is 20.0 Å². The molecule has 2 N–H and O–H groups in total. The molecule has 1 aromatic carbocycles. The third kappa shape index (κ3) is 1.92. The van der Waals surface area contributed by atoms with Gasteiger partial charge in [0.05, 0.1) is 11.1 Å². The molecule has 2 aliphatic rings. The molecule has 1 saturated heterocycles. The molecule has 1 aromatic heterocycles. The highest BCUT2D eigenvalue weighted by Crippen LogP contribution is 2.45. The fraction of sp³-hybridized carbons (Fsp3) is 0.250. The molecule has 1 fully saturated rings. The first-order chi connectivity index (χ1) is 11.5. The summed E-state index contributed by atoms with van der Waals surface area (Å²) in [5.41, 5.74) is 1.73. The molecule has 2 aromatic rings. The van der Waals surface area contributed by atoms with Crippen LogP contribution < -0.4 is 10.2 Å². The molecular formula is C16H14N4O4. The summed E-state index contributed by atoms with van der Waals surface area (Å²) < 4.78 is 0. The number of nitrogens with one attached hydrogen (secondary N) is 1. The Labute approximate surface area is 136 Å². The highest BCUT2D eigenvalue weighted by Gasteiger charge is 2.51. The summed E-state index contributed by atoms with van der Waals surface area (Å²) in [7, 11) is 0. The fourth-order valence-corrected chi connectivity index (χ4v) is 3.56. The molecule has 0 saturated carbocycles. The van der Waals surface area contributed by atoms with Crippen molar-refractivity contribution in [2.75, 3.05) is 23.3 Å². The Kier molecular flexibility index (Phi) is 2.96. The van der Waals surface area contributed by atoms with Gasteiger partial charge in [-0.3, -0.25) is 4.79 Å². The van der Waals surface area contributed by atoms with Crippen LogP contribution in [0.1, 0.15) is 12.0 Å². The third-order valence-electron chi connectivity index (χ3n) is 4.77. The van der Waals surface area contributed by atoms with Gasteiger partial charge >= 0.3 is 5.82 Å². The van der Waals surface area contributed by atoms with E-state index in [2.05, 4.69) is 10.3 Å². The molecule has 0 radical (unpaired) electrons. The van der Waals surface area contributed by atoms with Crippen LogP contribution in [-0.4, -0.2) is 34.0 Å². The van der Waals surface area contributed by atoms with Crippen molar-refractivity contribution >= 4 is 23.1 Å². The number of aromatic hydroxyl groups is 1. The Morgan fingerprint density at radius 3 is 2.92 bits per heavy atom. The van der Waals surface area contributed by atoms with Crippen LogP contribution in [-0.2, 0) is 10.2 Å². The van der Waals surface area contributed by atoms with E-state index in [1.807, 2.05) is 29.2 Å². The molecule has 1 unspecified atom stereocenters. The maximum atomic E-state index is 12.6. The number of pyridine rings is 1. The van der Waals surface area contributed by atoms with Crippen molar-refractivity contribution in [1.82, 2.24) is 4.98 Å². The zero-order valence-electron chi connectivity index (χ0n) is 12.6. The van der Waals surface area contributed by atoms with Crippen LogP contribution in [0.25, 0.3) is 0 Å². The number of para-hydroxylation sites is 1. The Morgan fingerprint density at radius 2 is 2.17 bits per heavy atom. The SMILES string of the molecule is O=C1Nc2ccccc2C12CCN(c1cnc([N+](=O)[O-])c(O)c1)C2. The standard InChI is InChI=1S/C16H14N4O4/c21-13-7-10(8-17-14(13)20(23)24)19-6-5-16(9-19)11-3-1-2-4-12(11)18-15(16)22/h1-4,7-8,21H,5-6,9H2,(H,18,22). The summed E-state index contributed by atoms with van der Waals surface area (Å²) in [4.78, 5) is 28.2. The molecule has 4 rings (SSSR count). The van der Waals surface area contributed by atoms with Crippen LogP contribution in [0.15, 0.2) is 36.5 Å². The summed E-state index contributed by atoms with van der Waals surface area (Å²) in [6.07, 6.45) is 1.99. The number of nitro groups is 1. The molecule has 0 bridgehead atoms. The minimum absolute atomic E-state index is 0.0368. The number of anilines is 2. The number of benzene rings is 1. The molecule has 2 aliphatic heterocycles. The highest BCUT2D eigenvalue weighted by molar-refractivity contribution is 6.07. The minimum atomic E-state index is -0.731. The van der Waals surface area contributed by atoms with Crippen molar-refractivity contribution in [3.8, 4) is 5.75 Å². The number of carbonyl (C=O) groups excluding carboxylic acids is 1. The smallest absolute Gasteiger partial charge is 0.406 e. The number of rotatable bonds is 2. The van der Waals surface area contributed by atoms with Gasteiger partial charge in [0.25, 0.3) is 0 Å². The lowest BCUT2D eigenvalue weighted by molar-refractivity contribution is -0.390. The van der Waals surface area contributed by atoms with Crippen LogP contribution in [0.3, 0.4) is 0 Å². The molecule has 0 aliphatic carbocycles. The molecule has 1 atom stereocenters. The predicted octanol–water partition coefficient (Wildman–Crippen LogP) is 1.80. The molecular weight excluding hydrogens is 312 g/mol. The number of nitrogens with zero attached hydrogens (tertiary/aromatic N) is 3. The van der Waals surface area contributed by atoms with E-state index in [0.717, 1.165) is 11.3 Å². The number of carbonyl (C=O) groups is 1. The van der Waals surface area contributed by atoms with Crippen LogP contribution in [0.2, 0.25) is 0 Å². The van der Waals surface area contributed by atoms with Crippen molar-refractivity contribution in [2.24, 2.45) is 0 Å². The average Bonchev–Trinajstić information content (AvgIpc) is 3.11. The van der Waals surface area contributed by atoms with Gasteiger partial charge in [0.2, 0.25) is 11.7 Å². The number of fused-ring (bicyclic) bond motifs is 2. The van der Waals surface area contributed by atoms with Crippen LogP contribution in [0.5, 0.6) is 5.75 Å². The van der Waals surface area contributed by atoms with Gasteiger partial charge in [-0.2, -0.15) is 0 Å². The van der Waals surface area contributed by atoms with E-state index in [1.54, 1.807) is 0 Å². The first-order valence-corrected chi connectivity index (χ1v) is 7.50. The fourth-order valence-electron chi connectivity index (χ4n) is 3.56. The lowest BCUT2D eigenvalue weighted by atomic mass is 9.81. The van der Waals surface area contributed by atoms with Gasteiger partial charge in [-0.25, -0.2) is 0 Å². The Hall–Kier alpha value is -3.16. The van der Waals surface area contributed by atoms with E-state index in [1.165, 1.54) is 12.3 Å². The highest BCUT2D eigenvalue weighted by atomic mass is 16.6. The maximum Gasteiger partial charge on any atom is 0.406 e. The summed E-state index contributed by atoms with van der Waals surface area (Å²) in [6.45, 7) is 1.04. The van der Waals surface area contributed by atoms with Gasteiger partial charge in [0, 0.05) is 24.8 Å². The zero-order chi connectivity index (χ0) is 16.9. The van der Waals surface area contributed by atoms with Crippen molar-refractivity contribution in [3.05, 3.63) is 52.2 Å². The lowest BCUT2D eigenvalue weighted by Gasteiger charge is -2.23. The van der Waals surface area contributed by atoms with Crippen LogP contribution in [0.4, 0.5) is 17.2 Å². The maximum absolute atomic E-state index is 12.6. The number of hydrogen-bond acceptors (Lipinski definition) is 6. The minimum Gasteiger partial charge on any atom is -0.501 e. The van der Waals surface area contributed by atoms with Crippen molar-refractivity contribution in [1.29, 1.82) is 0 Å². The largest absolute Gasteiger partial charge is 0.501 e. The monoisotopic (exact) mass is 326 g/mol. The second-order valence-electron chi connectivity index (χ2n) is 6.05. The summed E-state index contributed by atoms with van der Waals surface area (Å²) >= 11 is 0. The van der Waals surface area contributed by atoms with Gasteiger partial charge in [-0.15, -0.1) is 0 Å². The second kappa shape index (κ2) is 4.92. The Morgan fingerprint density at radius 1 is 1.38 bits per heavy atom. The Bertz CT molecular complexity index is 869. The van der Waals surface area contributed by atoms with Gasteiger partial charge < -0.3 is 25.4 Å². The molecule has 3 heterocycles. The summed E-state index contributed by atoms with van der Waals surface area (Å²) in [6, 6.07) is 8.93. The van der Waals surface area contributed by atoms with E-state index in [0.29, 0.717) is 25.2 Å². The van der Waals surface area contributed by atoms with Crippen molar-refractivity contribution < 1.29 is 14.8 Å². The van der Waals surface area contributed by atoms with E-state index < -0.39 is 21.9 Å². The third-order valence-corrected chi connectivity index (χ3v) is 4.77. The molecule has 24 heavy (non-hydrogen) atoms. The predicted molar refractivity (Wildman–Crippen MR) is 86.1 cm³/mol. The Balaban J connectivity index is 1.67. The molecule has 1 spiro atoms. The molecule has 8 nitrogen and oxygen atoms in total. The summed E-state index contributed by atoms with van der Waals surface area (Å²) in [5.74, 6) is -1.09. The van der Waals surface area contributed by atoms with Gasteiger partial charge in [-0.1, -0.05) is 18.2 Å². The van der Waals surface area contributed by atoms with Crippen LogP contribution >= 0.6 is 0 Å². The molecule has 1 amide bonds. The molecule has 122 valence electrons. The first-order valence-electron chi connectivity index (χ1n) is 7.50. The van der Waals surface area contributed by atoms with E-state index in [-0.39, 0.29) is 5.91 Å². The van der Waals surface area contributed by atoms with Gasteiger partial charge in [0.1, 0.15) is 0 Å². The number of amides is 1. The number of hydrogen-bond donors (Lipinski definition) is 2. The first kappa shape index (κ1) is 14.4. The molecule has 8 heteroatoms. The van der Waals surface area contributed by atoms with Crippen molar-refractivity contribution in [3.63, 3.8) is 0 Å². The lowest BCUT2D eigenvalue weighted by Crippen LogP contribution is -2.37. The van der Waals surface area contributed by atoms with Crippen LogP contribution in [0, 0.1) is 10.1 Å². The zero-order valence-corrected chi connectivity index (χ0v) is 12.6. The number of aromatic nitrogens is 1. The van der Waals surface area contributed by atoms with Gasteiger partial charge in [0.15, 0.2) is 6.20 Å².